The van der Waals surface area contributed by atoms with E-state index in [0.717, 1.165) is 55.9 Å². The van der Waals surface area contributed by atoms with Crippen LogP contribution in [0.15, 0.2) is 30.5 Å². The number of anilines is 1. The number of amides is 1. The van der Waals surface area contributed by atoms with Crippen LogP contribution in [0.5, 0.6) is 0 Å². The van der Waals surface area contributed by atoms with Gasteiger partial charge in [-0.15, -0.1) is 10.2 Å². The van der Waals surface area contributed by atoms with Gasteiger partial charge in [-0.05, 0) is 43.4 Å². The van der Waals surface area contributed by atoms with Crippen LogP contribution in [0.4, 0.5) is 5.95 Å². The van der Waals surface area contributed by atoms with Gasteiger partial charge in [0.2, 0.25) is 5.95 Å². The molecule has 0 unspecified atom stereocenters. The Kier molecular flexibility index (Phi) is 6.74. The predicted molar refractivity (Wildman–Crippen MR) is 120 cm³/mol. The Morgan fingerprint density at radius 1 is 1.10 bits per heavy atom. The highest BCUT2D eigenvalue weighted by Crippen LogP contribution is 2.20. The summed E-state index contributed by atoms with van der Waals surface area (Å²) in [5, 5.41) is 11.4. The second kappa shape index (κ2) is 9.85. The highest BCUT2D eigenvalue weighted by molar-refractivity contribution is 5.92. The van der Waals surface area contributed by atoms with Gasteiger partial charge in [0, 0.05) is 37.9 Å². The summed E-state index contributed by atoms with van der Waals surface area (Å²) in [7, 11) is 0. The van der Waals surface area contributed by atoms with Gasteiger partial charge >= 0.3 is 0 Å². The quantitative estimate of drug-likeness (QED) is 0.589. The van der Waals surface area contributed by atoms with E-state index in [4.69, 9.17) is 4.98 Å². The minimum Gasteiger partial charge on any atom is -0.351 e. The largest absolute Gasteiger partial charge is 0.351 e. The molecule has 0 spiro atoms. The first-order valence-electron chi connectivity index (χ1n) is 11.3. The van der Waals surface area contributed by atoms with Gasteiger partial charge in [0.1, 0.15) is 11.5 Å². The summed E-state index contributed by atoms with van der Waals surface area (Å²) in [4.78, 5) is 24.5. The monoisotopic (exact) mass is 421 g/mol. The molecule has 0 aliphatic carbocycles. The molecule has 1 fully saturated rings. The summed E-state index contributed by atoms with van der Waals surface area (Å²) in [5.41, 5.74) is 2.20. The molecule has 1 aliphatic heterocycles. The molecule has 1 aliphatic rings. The summed E-state index contributed by atoms with van der Waals surface area (Å²) in [6.45, 7) is 6.66. The minimum absolute atomic E-state index is 0.147. The Hall–Kier alpha value is -3.03. The highest BCUT2D eigenvalue weighted by atomic mass is 16.1. The van der Waals surface area contributed by atoms with Crippen molar-refractivity contribution in [3.63, 3.8) is 0 Å². The maximum Gasteiger partial charge on any atom is 0.270 e. The van der Waals surface area contributed by atoms with Crippen molar-refractivity contribution in [3.8, 4) is 0 Å². The lowest BCUT2D eigenvalue weighted by atomic mass is 10.1. The lowest BCUT2D eigenvalue weighted by Crippen LogP contribution is -2.30. The van der Waals surface area contributed by atoms with E-state index >= 15 is 0 Å². The summed E-state index contributed by atoms with van der Waals surface area (Å²) < 4.78 is 1.98. The smallest absolute Gasteiger partial charge is 0.270 e. The number of pyridine rings is 1. The van der Waals surface area contributed by atoms with E-state index in [2.05, 4.69) is 39.2 Å². The van der Waals surface area contributed by atoms with E-state index < -0.39 is 0 Å². The molecule has 1 amide bonds. The van der Waals surface area contributed by atoms with Crippen LogP contribution >= 0.6 is 0 Å². The van der Waals surface area contributed by atoms with Crippen molar-refractivity contribution in [2.24, 2.45) is 0 Å². The number of fused-ring (bicyclic) bond motifs is 1. The van der Waals surface area contributed by atoms with Crippen LogP contribution < -0.4 is 10.2 Å². The molecule has 3 aromatic heterocycles. The lowest BCUT2D eigenvalue weighted by molar-refractivity contribution is 0.0948. The van der Waals surface area contributed by atoms with Crippen LogP contribution in [0.1, 0.15) is 73.9 Å². The van der Waals surface area contributed by atoms with Crippen LogP contribution in [0.25, 0.3) is 5.65 Å². The standard InChI is InChI=1S/C23H31N7O/c1-17(2)18-16-19(26-23(25-18)29-13-6-3-4-7-14-29)22(31)24-12-9-11-21-28-27-20-10-5-8-15-30(20)21/h5,8,10,15-17H,3-4,6-7,9,11-14H2,1-2H3,(H,24,31). The maximum absolute atomic E-state index is 12.8. The Bertz CT molecular complexity index is 1020. The summed E-state index contributed by atoms with van der Waals surface area (Å²) in [6.07, 6.45) is 8.27. The number of rotatable bonds is 7. The van der Waals surface area contributed by atoms with E-state index in [1.165, 1.54) is 12.8 Å². The fourth-order valence-corrected chi connectivity index (χ4v) is 3.88. The number of hydrogen-bond acceptors (Lipinski definition) is 6. The second-order valence-corrected chi connectivity index (χ2v) is 8.44. The number of aromatic nitrogens is 5. The van der Waals surface area contributed by atoms with E-state index in [0.29, 0.717) is 18.2 Å². The zero-order chi connectivity index (χ0) is 21.6. The third-order valence-electron chi connectivity index (χ3n) is 5.69. The van der Waals surface area contributed by atoms with Crippen LogP contribution in [0.2, 0.25) is 0 Å². The fraction of sp³-hybridized carbons (Fsp3) is 0.522. The van der Waals surface area contributed by atoms with Crippen LogP contribution in [-0.4, -0.2) is 50.1 Å². The molecular weight excluding hydrogens is 390 g/mol. The molecule has 0 bridgehead atoms. The van der Waals surface area contributed by atoms with Crippen LogP contribution in [0.3, 0.4) is 0 Å². The number of carbonyl (C=O) groups is 1. The molecule has 3 aromatic rings. The highest BCUT2D eigenvalue weighted by Gasteiger charge is 2.18. The third-order valence-corrected chi connectivity index (χ3v) is 5.69. The molecule has 164 valence electrons. The molecule has 4 heterocycles. The van der Waals surface area contributed by atoms with Crippen molar-refractivity contribution in [2.75, 3.05) is 24.5 Å². The molecule has 1 saturated heterocycles. The number of carbonyl (C=O) groups excluding carboxylic acids is 1. The normalized spacial score (nSPS) is 14.7. The zero-order valence-electron chi connectivity index (χ0n) is 18.4. The fourth-order valence-electron chi connectivity index (χ4n) is 3.88. The Morgan fingerprint density at radius 3 is 2.68 bits per heavy atom. The van der Waals surface area contributed by atoms with Crippen molar-refractivity contribution in [1.82, 2.24) is 29.9 Å². The molecular formula is C23H31N7O. The molecule has 0 atom stereocenters. The molecule has 4 rings (SSSR count). The molecule has 8 nitrogen and oxygen atoms in total. The van der Waals surface area contributed by atoms with Gasteiger partial charge in [-0.3, -0.25) is 9.20 Å². The van der Waals surface area contributed by atoms with Crippen molar-refractivity contribution >= 4 is 17.5 Å². The van der Waals surface area contributed by atoms with Crippen molar-refractivity contribution < 1.29 is 4.79 Å². The predicted octanol–water partition coefficient (Wildman–Crippen LogP) is 3.39. The molecule has 31 heavy (non-hydrogen) atoms. The summed E-state index contributed by atoms with van der Waals surface area (Å²) in [6, 6.07) is 7.67. The first-order valence-corrected chi connectivity index (χ1v) is 11.3. The number of nitrogens with zero attached hydrogens (tertiary/aromatic N) is 6. The van der Waals surface area contributed by atoms with Gasteiger partial charge in [0.25, 0.3) is 5.91 Å². The average molecular weight is 422 g/mol. The minimum atomic E-state index is -0.147. The maximum atomic E-state index is 12.8. The lowest BCUT2D eigenvalue weighted by Gasteiger charge is -2.22. The Balaban J connectivity index is 1.39. The van der Waals surface area contributed by atoms with E-state index in [-0.39, 0.29) is 11.8 Å². The van der Waals surface area contributed by atoms with Gasteiger partial charge in [-0.1, -0.05) is 32.8 Å². The number of aryl methyl sites for hydroxylation is 1. The summed E-state index contributed by atoms with van der Waals surface area (Å²) in [5.74, 6) is 1.68. The van der Waals surface area contributed by atoms with Crippen LogP contribution in [0, 0.1) is 0 Å². The van der Waals surface area contributed by atoms with Crippen LogP contribution in [-0.2, 0) is 6.42 Å². The van der Waals surface area contributed by atoms with Crippen molar-refractivity contribution in [1.29, 1.82) is 0 Å². The third kappa shape index (κ3) is 5.18. The van der Waals surface area contributed by atoms with E-state index in [9.17, 15) is 4.79 Å². The van der Waals surface area contributed by atoms with Gasteiger partial charge < -0.3 is 10.2 Å². The number of hydrogen-bond donors (Lipinski definition) is 1. The second-order valence-electron chi connectivity index (χ2n) is 8.44. The molecule has 0 aromatic carbocycles. The molecule has 8 heteroatoms. The first-order chi connectivity index (χ1) is 15.1. The number of nitrogens with one attached hydrogen (secondary N) is 1. The van der Waals surface area contributed by atoms with Gasteiger partial charge in [0.05, 0.1) is 0 Å². The van der Waals surface area contributed by atoms with Gasteiger partial charge in [-0.25, -0.2) is 9.97 Å². The van der Waals surface area contributed by atoms with Crippen molar-refractivity contribution in [3.05, 3.63) is 47.7 Å². The Labute approximate surface area is 183 Å². The molecule has 1 N–H and O–H groups in total. The van der Waals surface area contributed by atoms with Gasteiger partial charge in [-0.2, -0.15) is 0 Å². The Morgan fingerprint density at radius 2 is 1.90 bits per heavy atom. The topological polar surface area (TPSA) is 88.3 Å². The van der Waals surface area contributed by atoms with E-state index in [1.54, 1.807) is 0 Å². The first kappa shape index (κ1) is 21.2. The molecule has 0 radical (unpaired) electrons. The zero-order valence-corrected chi connectivity index (χ0v) is 18.4. The van der Waals surface area contributed by atoms with Gasteiger partial charge in [0.15, 0.2) is 5.65 Å². The van der Waals surface area contributed by atoms with E-state index in [1.807, 2.05) is 34.9 Å². The SMILES string of the molecule is CC(C)c1cc(C(=O)NCCCc2nnc3ccccn23)nc(N2CCCCCC2)n1. The van der Waals surface area contributed by atoms with Crippen molar-refractivity contribution in [2.45, 2.75) is 58.3 Å². The summed E-state index contributed by atoms with van der Waals surface area (Å²) >= 11 is 0. The average Bonchev–Trinajstić information content (AvgIpc) is 3.00. The molecule has 0 saturated carbocycles.